The van der Waals surface area contributed by atoms with Gasteiger partial charge in [0.15, 0.2) is 0 Å². The lowest BCUT2D eigenvalue weighted by Gasteiger charge is -2.13. The van der Waals surface area contributed by atoms with Gasteiger partial charge in [-0.2, -0.15) is 0 Å². The number of carbonyl (C=O) groups is 2. The van der Waals surface area contributed by atoms with Gasteiger partial charge in [0.05, 0.1) is 6.54 Å². The van der Waals surface area contributed by atoms with E-state index in [0.717, 1.165) is 46.6 Å². The smallest absolute Gasteiger partial charge is 0.243 e. The van der Waals surface area contributed by atoms with Crippen LogP contribution in [0, 0.1) is 13.8 Å². The van der Waals surface area contributed by atoms with Gasteiger partial charge >= 0.3 is 0 Å². The summed E-state index contributed by atoms with van der Waals surface area (Å²) in [5.41, 5.74) is 5.90. The molecule has 0 spiro atoms. The van der Waals surface area contributed by atoms with Gasteiger partial charge in [-0.1, -0.05) is 18.2 Å². The second kappa shape index (κ2) is 7.38. The van der Waals surface area contributed by atoms with Crippen molar-refractivity contribution in [1.82, 2.24) is 0 Å². The predicted molar refractivity (Wildman–Crippen MR) is 101 cm³/mol. The maximum atomic E-state index is 12.3. The van der Waals surface area contributed by atoms with E-state index in [1.165, 1.54) is 0 Å². The van der Waals surface area contributed by atoms with E-state index in [1.54, 1.807) is 0 Å². The molecule has 25 heavy (non-hydrogen) atoms. The number of anilines is 3. The van der Waals surface area contributed by atoms with Crippen LogP contribution in [0.3, 0.4) is 0 Å². The highest BCUT2D eigenvalue weighted by Crippen LogP contribution is 2.25. The Morgan fingerprint density at radius 3 is 2.64 bits per heavy atom. The SMILES string of the molecule is Cc1cccc(C)c1NCC(=O)Nc1ccc2c(c1)CCCC(=O)N2. The van der Waals surface area contributed by atoms with Crippen molar-refractivity contribution in [2.75, 3.05) is 22.5 Å². The van der Waals surface area contributed by atoms with Crippen LogP contribution in [0.4, 0.5) is 17.1 Å². The van der Waals surface area contributed by atoms with Crippen LogP contribution in [0.2, 0.25) is 0 Å². The van der Waals surface area contributed by atoms with Crippen molar-refractivity contribution in [2.24, 2.45) is 0 Å². The van der Waals surface area contributed by atoms with Gasteiger partial charge in [0.2, 0.25) is 11.8 Å². The molecule has 0 unspecified atom stereocenters. The second-order valence-electron chi connectivity index (χ2n) is 6.44. The van der Waals surface area contributed by atoms with Gasteiger partial charge in [-0.15, -0.1) is 0 Å². The average molecular weight is 337 g/mol. The molecule has 5 nitrogen and oxygen atoms in total. The minimum Gasteiger partial charge on any atom is -0.376 e. The maximum Gasteiger partial charge on any atom is 0.243 e. The Morgan fingerprint density at radius 1 is 1.12 bits per heavy atom. The highest BCUT2D eigenvalue weighted by atomic mass is 16.2. The third-order valence-electron chi connectivity index (χ3n) is 4.42. The van der Waals surface area contributed by atoms with E-state index in [9.17, 15) is 9.59 Å². The van der Waals surface area contributed by atoms with Crippen LogP contribution in [0.25, 0.3) is 0 Å². The summed E-state index contributed by atoms with van der Waals surface area (Å²) in [7, 11) is 0. The number of hydrogen-bond donors (Lipinski definition) is 3. The minimum absolute atomic E-state index is 0.0494. The molecule has 0 bridgehead atoms. The van der Waals surface area contributed by atoms with E-state index < -0.39 is 0 Å². The summed E-state index contributed by atoms with van der Waals surface area (Å²) in [5.74, 6) is -0.0476. The minimum atomic E-state index is -0.0970. The number of benzene rings is 2. The summed E-state index contributed by atoms with van der Waals surface area (Å²) in [6, 6.07) is 11.7. The van der Waals surface area contributed by atoms with Gasteiger partial charge in [0.1, 0.15) is 0 Å². The van der Waals surface area contributed by atoms with Crippen LogP contribution in [-0.4, -0.2) is 18.4 Å². The summed E-state index contributed by atoms with van der Waals surface area (Å²) in [5, 5.41) is 9.03. The number of fused-ring (bicyclic) bond motifs is 1. The first-order chi connectivity index (χ1) is 12.0. The van der Waals surface area contributed by atoms with Crippen molar-refractivity contribution in [3.8, 4) is 0 Å². The molecule has 5 heteroatoms. The standard InChI is InChI=1S/C20H23N3O2/c1-13-5-3-6-14(2)20(13)21-12-19(25)22-16-9-10-17-15(11-16)7-4-8-18(24)23-17/h3,5-6,9-11,21H,4,7-8,12H2,1-2H3,(H,22,25)(H,23,24). The van der Waals surface area contributed by atoms with E-state index in [1.807, 2.05) is 50.2 Å². The molecule has 0 aromatic heterocycles. The monoisotopic (exact) mass is 337 g/mol. The van der Waals surface area contributed by atoms with E-state index in [-0.39, 0.29) is 18.4 Å². The molecule has 1 aliphatic rings. The first kappa shape index (κ1) is 17.0. The van der Waals surface area contributed by atoms with Gasteiger partial charge in [-0.05, 0) is 61.6 Å². The van der Waals surface area contributed by atoms with Crippen LogP contribution < -0.4 is 16.0 Å². The molecule has 0 saturated carbocycles. The Hall–Kier alpha value is -2.82. The molecule has 0 aliphatic carbocycles. The number of amides is 2. The molecule has 1 heterocycles. The maximum absolute atomic E-state index is 12.3. The molecule has 2 aromatic rings. The number of aryl methyl sites for hydroxylation is 3. The number of nitrogens with one attached hydrogen (secondary N) is 3. The molecule has 0 atom stereocenters. The van der Waals surface area contributed by atoms with Gasteiger partial charge in [-0.25, -0.2) is 0 Å². The van der Waals surface area contributed by atoms with Crippen molar-refractivity contribution >= 4 is 28.9 Å². The third-order valence-corrected chi connectivity index (χ3v) is 4.42. The third kappa shape index (κ3) is 4.18. The van der Waals surface area contributed by atoms with Crippen LogP contribution in [0.1, 0.15) is 29.5 Å². The molecule has 0 radical (unpaired) electrons. The van der Waals surface area contributed by atoms with Crippen LogP contribution >= 0.6 is 0 Å². The van der Waals surface area contributed by atoms with Crippen molar-refractivity contribution in [3.63, 3.8) is 0 Å². The topological polar surface area (TPSA) is 70.2 Å². The van der Waals surface area contributed by atoms with E-state index in [4.69, 9.17) is 0 Å². The second-order valence-corrected chi connectivity index (χ2v) is 6.44. The van der Waals surface area contributed by atoms with Crippen molar-refractivity contribution in [3.05, 3.63) is 53.1 Å². The summed E-state index contributed by atoms with van der Waals surface area (Å²) < 4.78 is 0. The lowest BCUT2D eigenvalue weighted by molar-refractivity contribution is -0.116. The first-order valence-corrected chi connectivity index (χ1v) is 8.55. The molecule has 0 fully saturated rings. The fraction of sp³-hybridized carbons (Fsp3) is 0.300. The summed E-state index contributed by atoms with van der Waals surface area (Å²) in [6.07, 6.45) is 2.19. The number of hydrogen-bond acceptors (Lipinski definition) is 3. The summed E-state index contributed by atoms with van der Waals surface area (Å²) >= 11 is 0. The predicted octanol–water partition coefficient (Wildman–Crippen LogP) is 3.63. The lowest BCUT2D eigenvalue weighted by Crippen LogP contribution is -2.22. The van der Waals surface area contributed by atoms with Crippen LogP contribution in [0.15, 0.2) is 36.4 Å². The molecule has 1 aliphatic heterocycles. The lowest BCUT2D eigenvalue weighted by atomic mass is 10.1. The summed E-state index contributed by atoms with van der Waals surface area (Å²) in [6.45, 7) is 4.25. The van der Waals surface area contributed by atoms with Crippen molar-refractivity contribution in [2.45, 2.75) is 33.1 Å². The van der Waals surface area contributed by atoms with Gasteiger partial charge in [0, 0.05) is 23.5 Å². The molecule has 3 rings (SSSR count). The van der Waals surface area contributed by atoms with Crippen LogP contribution in [0.5, 0.6) is 0 Å². The number of carbonyl (C=O) groups excluding carboxylic acids is 2. The molecular formula is C20H23N3O2. The Kier molecular flexibility index (Phi) is 5.03. The van der Waals surface area contributed by atoms with Gasteiger partial charge in [-0.3, -0.25) is 9.59 Å². The van der Waals surface area contributed by atoms with Gasteiger partial charge < -0.3 is 16.0 Å². The van der Waals surface area contributed by atoms with Crippen molar-refractivity contribution in [1.29, 1.82) is 0 Å². The van der Waals surface area contributed by atoms with Crippen LogP contribution in [-0.2, 0) is 16.0 Å². The number of rotatable bonds is 4. The normalized spacial score (nSPS) is 13.4. The summed E-state index contributed by atoms with van der Waals surface area (Å²) in [4.78, 5) is 23.8. The van der Waals surface area contributed by atoms with E-state index >= 15 is 0 Å². The van der Waals surface area contributed by atoms with E-state index in [0.29, 0.717) is 6.42 Å². The Bertz CT molecular complexity index is 794. The van der Waals surface area contributed by atoms with E-state index in [2.05, 4.69) is 16.0 Å². The Labute approximate surface area is 147 Å². The quantitative estimate of drug-likeness (QED) is 0.798. The zero-order valence-corrected chi connectivity index (χ0v) is 14.6. The fourth-order valence-corrected chi connectivity index (χ4v) is 3.12. The molecule has 2 amide bonds. The first-order valence-electron chi connectivity index (χ1n) is 8.55. The zero-order valence-electron chi connectivity index (χ0n) is 14.6. The molecule has 2 aromatic carbocycles. The number of para-hydroxylation sites is 1. The average Bonchev–Trinajstić information content (AvgIpc) is 2.74. The highest BCUT2D eigenvalue weighted by molar-refractivity contribution is 5.96. The largest absolute Gasteiger partial charge is 0.376 e. The Balaban J connectivity index is 1.63. The van der Waals surface area contributed by atoms with Crippen molar-refractivity contribution < 1.29 is 9.59 Å². The molecule has 130 valence electrons. The molecule has 3 N–H and O–H groups in total. The molecular weight excluding hydrogens is 314 g/mol. The zero-order chi connectivity index (χ0) is 17.8. The molecule has 0 saturated heterocycles. The van der Waals surface area contributed by atoms with Gasteiger partial charge in [0.25, 0.3) is 0 Å². The highest BCUT2D eigenvalue weighted by Gasteiger charge is 2.13. The Morgan fingerprint density at radius 2 is 1.88 bits per heavy atom. The fourth-order valence-electron chi connectivity index (χ4n) is 3.12.